The van der Waals surface area contributed by atoms with Gasteiger partial charge in [-0.2, -0.15) is 8.78 Å². The summed E-state index contributed by atoms with van der Waals surface area (Å²) in [6.45, 7) is -3.30. The topological polar surface area (TPSA) is 55.8 Å². The van der Waals surface area contributed by atoms with Gasteiger partial charge >= 0.3 is 18.9 Å². The average Bonchev–Trinajstić information content (AvgIpc) is 2.12. The van der Waals surface area contributed by atoms with Crippen molar-refractivity contribution in [3.8, 4) is 11.5 Å². The molecule has 0 radical (unpaired) electrons. The van der Waals surface area contributed by atoms with Crippen molar-refractivity contribution in [2.75, 3.05) is 0 Å². The maximum Gasteiger partial charge on any atom is 0.573 e. The van der Waals surface area contributed by atoms with Crippen molar-refractivity contribution >= 4 is 5.97 Å². The van der Waals surface area contributed by atoms with Crippen molar-refractivity contribution in [3.05, 3.63) is 23.8 Å². The Kier molecular flexibility index (Phi) is 3.94. The quantitative estimate of drug-likeness (QED) is 0.856. The summed E-state index contributed by atoms with van der Waals surface area (Å²) in [7, 11) is 0. The van der Waals surface area contributed by atoms with Crippen LogP contribution in [0.25, 0.3) is 0 Å². The minimum absolute atomic E-state index is 0.506. The van der Waals surface area contributed by atoms with Crippen LogP contribution in [0.15, 0.2) is 18.2 Å². The van der Waals surface area contributed by atoms with Gasteiger partial charge in [-0.25, -0.2) is 4.79 Å². The molecule has 0 amide bonds. The fourth-order valence-electron chi connectivity index (χ4n) is 1.06. The van der Waals surface area contributed by atoms with Crippen LogP contribution in [0.4, 0.5) is 22.0 Å². The first-order chi connectivity index (χ1) is 8.17. The Balaban J connectivity index is 3.10. The van der Waals surface area contributed by atoms with Crippen molar-refractivity contribution < 1.29 is 41.3 Å². The Morgan fingerprint density at radius 2 is 1.72 bits per heavy atom. The van der Waals surface area contributed by atoms with E-state index in [1.54, 1.807) is 0 Å². The van der Waals surface area contributed by atoms with Crippen molar-refractivity contribution in [1.29, 1.82) is 0 Å². The molecule has 0 atom stereocenters. The molecule has 18 heavy (non-hydrogen) atoms. The first kappa shape index (κ1) is 14.0. The van der Waals surface area contributed by atoms with Gasteiger partial charge in [-0.1, -0.05) is 0 Å². The summed E-state index contributed by atoms with van der Waals surface area (Å²) in [6.07, 6.45) is -5.07. The van der Waals surface area contributed by atoms with Crippen molar-refractivity contribution in [1.82, 2.24) is 0 Å². The number of hydrogen-bond acceptors (Lipinski definition) is 3. The Hall–Kier alpha value is -2.06. The number of carboxylic acids is 1. The van der Waals surface area contributed by atoms with E-state index in [1.165, 1.54) is 0 Å². The maximum atomic E-state index is 11.9. The molecule has 0 unspecified atom stereocenters. The molecule has 0 heterocycles. The summed E-state index contributed by atoms with van der Waals surface area (Å²) < 4.78 is 66.8. The smallest absolute Gasteiger partial charge is 0.478 e. The first-order valence-corrected chi connectivity index (χ1v) is 4.26. The molecule has 100 valence electrons. The number of hydrogen-bond donors (Lipinski definition) is 1. The van der Waals surface area contributed by atoms with Gasteiger partial charge in [0.25, 0.3) is 0 Å². The molecule has 1 N–H and O–H groups in total. The van der Waals surface area contributed by atoms with Crippen molar-refractivity contribution in [3.63, 3.8) is 0 Å². The van der Waals surface area contributed by atoms with Gasteiger partial charge in [0.05, 0.1) is 5.56 Å². The third kappa shape index (κ3) is 4.44. The van der Waals surface area contributed by atoms with E-state index in [0.29, 0.717) is 18.2 Å². The fraction of sp³-hybridized carbons (Fsp3) is 0.222. The summed E-state index contributed by atoms with van der Waals surface area (Å²) in [6, 6.07) is 1.69. The molecular formula is C9H5F5O4. The van der Waals surface area contributed by atoms with Crippen LogP contribution in [-0.2, 0) is 0 Å². The Bertz CT molecular complexity index is 443. The molecule has 0 aliphatic heterocycles. The van der Waals surface area contributed by atoms with Crippen LogP contribution in [0.2, 0.25) is 0 Å². The molecule has 0 aliphatic carbocycles. The van der Waals surface area contributed by atoms with Crippen molar-refractivity contribution in [2.45, 2.75) is 13.0 Å². The van der Waals surface area contributed by atoms with Gasteiger partial charge in [0, 0.05) is 6.07 Å². The van der Waals surface area contributed by atoms with E-state index >= 15 is 0 Å². The van der Waals surface area contributed by atoms with Crippen LogP contribution >= 0.6 is 0 Å². The fourth-order valence-corrected chi connectivity index (χ4v) is 1.06. The molecule has 4 nitrogen and oxygen atoms in total. The van der Waals surface area contributed by atoms with Gasteiger partial charge in [-0.05, 0) is 12.1 Å². The standard InChI is InChI=1S/C9H5F5O4/c10-8(11)17-5-1-4(7(15)16)2-6(3-5)18-9(12,13)14/h1-3,8H,(H,15,16). The third-order valence-electron chi connectivity index (χ3n) is 1.59. The summed E-state index contributed by atoms with van der Waals surface area (Å²) in [5.41, 5.74) is -0.674. The summed E-state index contributed by atoms with van der Waals surface area (Å²) in [5, 5.41) is 8.59. The summed E-state index contributed by atoms with van der Waals surface area (Å²) in [4.78, 5) is 10.6. The van der Waals surface area contributed by atoms with E-state index in [4.69, 9.17) is 5.11 Å². The highest BCUT2D eigenvalue weighted by Gasteiger charge is 2.31. The first-order valence-electron chi connectivity index (χ1n) is 4.26. The number of carbonyl (C=O) groups is 1. The molecule has 0 saturated carbocycles. The average molecular weight is 272 g/mol. The summed E-state index contributed by atoms with van der Waals surface area (Å²) >= 11 is 0. The van der Waals surface area contributed by atoms with Gasteiger partial charge in [0.15, 0.2) is 0 Å². The second-order valence-corrected chi connectivity index (χ2v) is 2.92. The molecule has 1 rings (SSSR count). The number of halogens is 5. The maximum absolute atomic E-state index is 11.9. The number of carboxylic acid groups (broad SMARTS) is 1. The largest absolute Gasteiger partial charge is 0.573 e. The van der Waals surface area contributed by atoms with E-state index in [9.17, 15) is 26.7 Å². The molecule has 0 spiro atoms. The van der Waals surface area contributed by atoms with Gasteiger partial charge in [-0.3, -0.25) is 0 Å². The van der Waals surface area contributed by atoms with Gasteiger partial charge in [0.1, 0.15) is 11.5 Å². The second kappa shape index (κ2) is 5.07. The van der Waals surface area contributed by atoms with Crippen molar-refractivity contribution in [2.24, 2.45) is 0 Å². The number of benzene rings is 1. The molecule has 0 bridgehead atoms. The van der Waals surface area contributed by atoms with E-state index < -0.39 is 36.0 Å². The normalized spacial score (nSPS) is 11.4. The number of rotatable bonds is 4. The van der Waals surface area contributed by atoms with Crippen LogP contribution < -0.4 is 9.47 Å². The molecule has 9 heteroatoms. The Morgan fingerprint density at radius 1 is 1.17 bits per heavy atom. The van der Waals surface area contributed by atoms with Crippen LogP contribution in [0, 0.1) is 0 Å². The van der Waals surface area contributed by atoms with Crippen LogP contribution in [0.5, 0.6) is 11.5 Å². The molecule has 1 aromatic rings. The number of alkyl halides is 5. The Labute approximate surface area is 96.5 Å². The zero-order chi connectivity index (χ0) is 13.9. The predicted molar refractivity (Wildman–Crippen MR) is 46.7 cm³/mol. The van der Waals surface area contributed by atoms with E-state index in [0.717, 1.165) is 0 Å². The SMILES string of the molecule is O=C(O)c1cc(OC(F)F)cc(OC(F)(F)F)c1. The van der Waals surface area contributed by atoms with Gasteiger partial charge in [-0.15, -0.1) is 13.2 Å². The number of ether oxygens (including phenoxy) is 2. The highest BCUT2D eigenvalue weighted by atomic mass is 19.4. The predicted octanol–water partition coefficient (Wildman–Crippen LogP) is 2.88. The molecule has 0 aliphatic rings. The zero-order valence-corrected chi connectivity index (χ0v) is 8.37. The highest BCUT2D eigenvalue weighted by molar-refractivity contribution is 5.88. The zero-order valence-electron chi connectivity index (χ0n) is 8.37. The monoisotopic (exact) mass is 272 g/mol. The van der Waals surface area contributed by atoms with Crippen LogP contribution in [-0.4, -0.2) is 24.0 Å². The molecular weight excluding hydrogens is 267 g/mol. The highest BCUT2D eigenvalue weighted by Crippen LogP contribution is 2.29. The van der Waals surface area contributed by atoms with E-state index in [2.05, 4.69) is 9.47 Å². The summed E-state index contributed by atoms with van der Waals surface area (Å²) in [5.74, 6) is -3.32. The van der Waals surface area contributed by atoms with E-state index in [-0.39, 0.29) is 0 Å². The molecule has 0 aromatic heterocycles. The van der Waals surface area contributed by atoms with Crippen LogP contribution in [0.3, 0.4) is 0 Å². The minimum Gasteiger partial charge on any atom is -0.478 e. The molecule has 0 fully saturated rings. The van der Waals surface area contributed by atoms with E-state index in [1.807, 2.05) is 0 Å². The lowest BCUT2D eigenvalue weighted by molar-refractivity contribution is -0.274. The Morgan fingerprint density at radius 3 is 2.17 bits per heavy atom. The van der Waals surface area contributed by atoms with Crippen LogP contribution in [0.1, 0.15) is 10.4 Å². The number of aromatic carboxylic acids is 1. The lowest BCUT2D eigenvalue weighted by Gasteiger charge is -2.11. The second-order valence-electron chi connectivity index (χ2n) is 2.92. The molecule has 1 aromatic carbocycles. The molecule has 0 saturated heterocycles. The lowest BCUT2D eigenvalue weighted by Crippen LogP contribution is -2.17. The lowest BCUT2D eigenvalue weighted by atomic mass is 10.2. The van der Waals surface area contributed by atoms with Gasteiger partial charge in [0.2, 0.25) is 0 Å². The third-order valence-corrected chi connectivity index (χ3v) is 1.59. The van der Waals surface area contributed by atoms with Gasteiger partial charge < -0.3 is 14.6 Å². The minimum atomic E-state index is -5.07.